The van der Waals surface area contributed by atoms with Gasteiger partial charge in [-0.25, -0.2) is 0 Å². The number of likely N-dealkylation sites (tertiary alicyclic amines) is 1. The van der Waals surface area contributed by atoms with Crippen molar-refractivity contribution >= 4 is 5.91 Å². The Morgan fingerprint density at radius 3 is 2.42 bits per heavy atom. The van der Waals surface area contributed by atoms with Gasteiger partial charge >= 0.3 is 0 Å². The zero-order chi connectivity index (χ0) is 16.8. The zero-order valence-corrected chi connectivity index (χ0v) is 14.9. The Bertz CT molecular complexity index is 460. The van der Waals surface area contributed by atoms with Gasteiger partial charge < -0.3 is 20.1 Å². The monoisotopic (exact) mass is 336 g/mol. The average Bonchev–Trinajstić information content (AvgIpc) is 2.54. The van der Waals surface area contributed by atoms with E-state index in [1.165, 1.54) is 38.5 Å². The van der Waals surface area contributed by atoms with Crippen molar-refractivity contribution in [3.63, 3.8) is 0 Å². The number of nitrogens with one attached hydrogen (secondary N) is 1. The van der Waals surface area contributed by atoms with Crippen LogP contribution >= 0.6 is 0 Å². The van der Waals surface area contributed by atoms with E-state index in [0.29, 0.717) is 26.1 Å². The number of hydrogen-bond donors (Lipinski definition) is 2. The Morgan fingerprint density at radius 2 is 1.83 bits per heavy atom. The first-order valence-corrected chi connectivity index (χ1v) is 9.78. The molecule has 0 aromatic heterocycles. The van der Waals surface area contributed by atoms with Crippen molar-refractivity contribution in [2.75, 3.05) is 33.4 Å². The fourth-order valence-electron chi connectivity index (χ4n) is 6.30. The number of nitrogens with zero attached hydrogens (tertiary/aromatic N) is 1. The Morgan fingerprint density at radius 1 is 1.21 bits per heavy atom. The van der Waals surface area contributed by atoms with Crippen LogP contribution in [0.4, 0.5) is 0 Å². The van der Waals surface area contributed by atoms with Gasteiger partial charge in [0.25, 0.3) is 5.91 Å². The highest BCUT2D eigenvalue weighted by Crippen LogP contribution is 2.55. The predicted octanol–water partition coefficient (Wildman–Crippen LogP) is 1.54. The number of piperidine rings is 1. The molecule has 4 aliphatic carbocycles. The molecular weight excluding hydrogens is 304 g/mol. The quantitative estimate of drug-likeness (QED) is 0.772. The maximum atomic E-state index is 12.8. The normalized spacial score (nSPS) is 44.3. The average molecular weight is 336 g/mol. The summed E-state index contributed by atoms with van der Waals surface area (Å²) in [4.78, 5) is 14.5. The second kappa shape index (κ2) is 6.26. The van der Waals surface area contributed by atoms with Gasteiger partial charge in [0.05, 0.1) is 6.61 Å². The van der Waals surface area contributed by atoms with Crippen molar-refractivity contribution in [2.24, 2.45) is 17.8 Å². The maximum absolute atomic E-state index is 12.8. The lowest BCUT2D eigenvalue weighted by atomic mass is 9.53. The highest BCUT2D eigenvalue weighted by atomic mass is 16.5. The molecule has 0 radical (unpaired) electrons. The molecule has 5 nitrogen and oxygen atoms in total. The molecule has 0 aromatic carbocycles. The molecule has 1 saturated heterocycles. The van der Waals surface area contributed by atoms with Gasteiger partial charge in [-0.2, -0.15) is 0 Å². The third-order valence-electron chi connectivity index (χ3n) is 7.06. The van der Waals surface area contributed by atoms with Crippen molar-refractivity contribution in [3.8, 4) is 0 Å². The lowest BCUT2D eigenvalue weighted by molar-refractivity contribution is -0.158. The summed E-state index contributed by atoms with van der Waals surface area (Å²) in [6.45, 7) is 2.27. The molecule has 1 amide bonds. The highest BCUT2D eigenvalue weighted by molar-refractivity contribution is 5.86. The molecule has 1 atom stereocenters. The molecule has 4 saturated carbocycles. The molecule has 2 N–H and O–H groups in total. The SMILES string of the molecule is COCCN1CCC[C@@](O)(CNC23CC4CC(CC(C4)C2)C3)C1=O. The van der Waals surface area contributed by atoms with Crippen molar-refractivity contribution in [1.82, 2.24) is 10.2 Å². The van der Waals surface area contributed by atoms with E-state index >= 15 is 0 Å². The summed E-state index contributed by atoms with van der Waals surface area (Å²) in [6, 6.07) is 0. The number of ether oxygens (including phenoxy) is 1. The summed E-state index contributed by atoms with van der Waals surface area (Å²) in [5.74, 6) is 2.51. The second-order valence-corrected chi connectivity index (χ2v) is 8.97. The summed E-state index contributed by atoms with van der Waals surface area (Å²) in [6.07, 6.45) is 9.42. The van der Waals surface area contributed by atoms with Gasteiger partial charge in [0.15, 0.2) is 5.60 Å². The number of hydrogen-bond acceptors (Lipinski definition) is 4. The van der Waals surface area contributed by atoms with E-state index in [2.05, 4.69) is 5.32 Å². The Kier molecular flexibility index (Phi) is 4.38. The van der Waals surface area contributed by atoms with Crippen LogP contribution in [0, 0.1) is 17.8 Å². The van der Waals surface area contributed by atoms with Gasteiger partial charge in [-0.3, -0.25) is 4.79 Å². The molecule has 0 spiro atoms. The molecule has 1 aliphatic heterocycles. The fraction of sp³-hybridized carbons (Fsp3) is 0.947. The molecule has 5 fully saturated rings. The van der Waals surface area contributed by atoms with E-state index in [4.69, 9.17) is 4.74 Å². The van der Waals surface area contributed by atoms with Gasteiger partial charge in [-0.15, -0.1) is 0 Å². The van der Waals surface area contributed by atoms with Crippen LogP contribution in [0.1, 0.15) is 51.4 Å². The largest absolute Gasteiger partial charge is 0.383 e. The number of aliphatic hydroxyl groups is 1. The van der Waals surface area contributed by atoms with Crippen LogP contribution in [0.15, 0.2) is 0 Å². The number of amides is 1. The predicted molar refractivity (Wildman–Crippen MR) is 91.5 cm³/mol. The summed E-state index contributed by atoms with van der Waals surface area (Å²) >= 11 is 0. The zero-order valence-electron chi connectivity index (χ0n) is 14.9. The maximum Gasteiger partial charge on any atom is 0.255 e. The second-order valence-electron chi connectivity index (χ2n) is 8.97. The minimum Gasteiger partial charge on any atom is -0.383 e. The van der Waals surface area contributed by atoms with E-state index in [9.17, 15) is 9.90 Å². The molecule has 24 heavy (non-hydrogen) atoms. The van der Waals surface area contributed by atoms with Crippen molar-refractivity contribution < 1.29 is 14.6 Å². The van der Waals surface area contributed by atoms with Gasteiger partial charge in [0.1, 0.15) is 0 Å². The molecule has 4 bridgehead atoms. The first-order chi connectivity index (χ1) is 11.5. The van der Waals surface area contributed by atoms with Crippen LogP contribution in [0.2, 0.25) is 0 Å². The van der Waals surface area contributed by atoms with Gasteiger partial charge in [-0.1, -0.05) is 0 Å². The van der Waals surface area contributed by atoms with E-state index < -0.39 is 5.60 Å². The number of carbonyl (C=O) groups is 1. The van der Waals surface area contributed by atoms with Crippen LogP contribution in [-0.4, -0.2) is 60.4 Å². The Labute approximate surface area is 145 Å². The third kappa shape index (κ3) is 2.99. The van der Waals surface area contributed by atoms with Crippen LogP contribution in [-0.2, 0) is 9.53 Å². The number of rotatable bonds is 6. The number of β-amino-alcohol motifs (C(OH)–C–C–N with tert-alkyl or cyclic N) is 1. The molecular formula is C19H32N2O3. The number of carbonyl (C=O) groups excluding carboxylic acids is 1. The minimum atomic E-state index is -1.23. The Balaban J connectivity index is 1.40. The molecule has 1 heterocycles. The van der Waals surface area contributed by atoms with Crippen molar-refractivity contribution in [1.29, 1.82) is 0 Å². The van der Waals surface area contributed by atoms with Crippen LogP contribution in [0.5, 0.6) is 0 Å². The van der Waals surface area contributed by atoms with E-state index in [1.807, 2.05) is 0 Å². The minimum absolute atomic E-state index is 0.108. The first-order valence-electron chi connectivity index (χ1n) is 9.78. The van der Waals surface area contributed by atoms with Crippen molar-refractivity contribution in [3.05, 3.63) is 0 Å². The molecule has 5 aliphatic rings. The fourth-order valence-corrected chi connectivity index (χ4v) is 6.30. The van der Waals surface area contributed by atoms with Gasteiger partial charge in [0, 0.05) is 32.3 Å². The molecule has 0 aromatic rings. The Hall–Kier alpha value is -0.650. The molecule has 5 rings (SSSR count). The van der Waals surface area contributed by atoms with Gasteiger partial charge in [0.2, 0.25) is 0 Å². The molecule has 0 unspecified atom stereocenters. The van der Waals surface area contributed by atoms with E-state index in [-0.39, 0.29) is 11.4 Å². The first kappa shape index (κ1) is 16.8. The van der Waals surface area contributed by atoms with E-state index in [1.54, 1.807) is 12.0 Å². The van der Waals surface area contributed by atoms with Crippen LogP contribution < -0.4 is 5.32 Å². The topological polar surface area (TPSA) is 61.8 Å². The van der Waals surface area contributed by atoms with Crippen molar-refractivity contribution in [2.45, 2.75) is 62.5 Å². The molecule has 136 valence electrons. The van der Waals surface area contributed by atoms with Crippen LogP contribution in [0.25, 0.3) is 0 Å². The standard InChI is InChI=1S/C19H32N2O3/c1-24-6-5-21-4-2-3-19(23,17(21)22)13-20-18-10-14-7-15(11-18)9-16(8-14)12-18/h14-16,20,23H,2-13H2,1H3/t14?,15?,16?,18?,19-/m1/s1. The summed E-state index contributed by atoms with van der Waals surface area (Å²) in [5.41, 5.74) is -1.03. The van der Waals surface area contributed by atoms with Gasteiger partial charge in [-0.05, 0) is 69.1 Å². The summed E-state index contributed by atoms with van der Waals surface area (Å²) in [5, 5.41) is 14.7. The van der Waals surface area contributed by atoms with Crippen LogP contribution in [0.3, 0.4) is 0 Å². The lowest BCUT2D eigenvalue weighted by Gasteiger charge is -2.57. The lowest BCUT2D eigenvalue weighted by Crippen LogP contribution is -2.64. The highest BCUT2D eigenvalue weighted by Gasteiger charge is 2.52. The van der Waals surface area contributed by atoms with E-state index in [0.717, 1.165) is 30.7 Å². The molecule has 5 heteroatoms. The number of methoxy groups -OCH3 is 1. The summed E-state index contributed by atoms with van der Waals surface area (Å²) in [7, 11) is 1.65. The smallest absolute Gasteiger partial charge is 0.255 e. The third-order valence-corrected chi connectivity index (χ3v) is 7.06. The summed E-state index contributed by atoms with van der Waals surface area (Å²) < 4.78 is 5.09.